The van der Waals surface area contributed by atoms with Crippen LogP contribution in [0, 0.1) is 5.82 Å². The fraction of sp³-hybridized carbons (Fsp3) is 0.250. The number of rotatable bonds is 8. The molecule has 6 nitrogen and oxygen atoms in total. The summed E-state index contributed by atoms with van der Waals surface area (Å²) < 4.78 is 13.4. The summed E-state index contributed by atoms with van der Waals surface area (Å²) in [6.07, 6.45) is 2.68. The molecule has 0 unspecified atom stereocenters. The predicted molar refractivity (Wildman–Crippen MR) is 112 cm³/mol. The quantitative estimate of drug-likeness (QED) is 0.545. The highest BCUT2D eigenvalue weighted by molar-refractivity contribution is 6.31. The normalized spacial score (nSPS) is 10.9. The Balaban J connectivity index is 1.85. The molecule has 0 aliphatic heterocycles. The van der Waals surface area contributed by atoms with E-state index in [1.165, 1.54) is 12.1 Å². The summed E-state index contributed by atoms with van der Waals surface area (Å²) >= 11 is 5.87. The monoisotopic (exact) mass is 400 g/mol. The lowest BCUT2D eigenvalue weighted by Crippen LogP contribution is -2.17. The smallest absolute Gasteiger partial charge is 0.225 e. The summed E-state index contributed by atoms with van der Waals surface area (Å²) in [4.78, 5) is 15.6. The minimum Gasteiger partial charge on any atom is -0.354 e. The molecule has 0 bridgehead atoms. The van der Waals surface area contributed by atoms with Crippen molar-refractivity contribution in [3.05, 3.63) is 59.5 Å². The molecule has 2 aromatic heterocycles. The first-order chi connectivity index (χ1) is 13.5. The van der Waals surface area contributed by atoms with E-state index in [0.717, 1.165) is 25.2 Å². The molecule has 0 spiro atoms. The number of aromatic nitrogens is 3. The lowest BCUT2D eigenvalue weighted by atomic mass is 10.2. The van der Waals surface area contributed by atoms with E-state index in [-0.39, 0.29) is 5.02 Å². The molecule has 8 heteroatoms. The van der Waals surface area contributed by atoms with Crippen LogP contribution in [0.2, 0.25) is 5.02 Å². The topological polar surface area (TPSA) is 66.0 Å². The molecule has 0 atom stereocenters. The third-order valence-electron chi connectivity index (χ3n) is 3.91. The third kappa shape index (κ3) is 5.61. The van der Waals surface area contributed by atoms with Crippen molar-refractivity contribution in [2.45, 2.75) is 6.42 Å². The van der Waals surface area contributed by atoms with Gasteiger partial charge in [0.15, 0.2) is 0 Å². The van der Waals surface area contributed by atoms with Crippen LogP contribution in [0.3, 0.4) is 0 Å². The van der Waals surface area contributed by atoms with Crippen molar-refractivity contribution in [1.29, 1.82) is 0 Å². The highest BCUT2D eigenvalue weighted by Gasteiger charge is 2.09. The second-order valence-corrected chi connectivity index (χ2v) is 6.92. The Morgan fingerprint density at radius 1 is 1.07 bits per heavy atom. The molecule has 2 N–H and O–H groups in total. The number of halogens is 2. The van der Waals surface area contributed by atoms with Gasteiger partial charge in [-0.3, -0.25) is 4.98 Å². The van der Waals surface area contributed by atoms with Crippen LogP contribution in [0.25, 0.3) is 11.4 Å². The fourth-order valence-corrected chi connectivity index (χ4v) is 2.73. The van der Waals surface area contributed by atoms with Crippen molar-refractivity contribution >= 4 is 29.1 Å². The predicted octanol–water partition coefficient (Wildman–Crippen LogP) is 4.44. The highest BCUT2D eigenvalue weighted by atomic mass is 35.5. The van der Waals surface area contributed by atoms with Crippen molar-refractivity contribution in [1.82, 2.24) is 19.9 Å². The van der Waals surface area contributed by atoms with E-state index in [4.69, 9.17) is 11.6 Å². The summed E-state index contributed by atoms with van der Waals surface area (Å²) in [5.74, 6) is 0.596. The van der Waals surface area contributed by atoms with Gasteiger partial charge in [-0.05, 0) is 57.4 Å². The zero-order valence-corrected chi connectivity index (χ0v) is 16.5. The van der Waals surface area contributed by atoms with E-state index >= 15 is 0 Å². The third-order valence-corrected chi connectivity index (χ3v) is 4.20. The second-order valence-electron chi connectivity index (χ2n) is 6.51. The van der Waals surface area contributed by atoms with Crippen LogP contribution in [0.4, 0.5) is 21.8 Å². The Kier molecular flexibility index (Phi) is 6.73. The van der Waals surface area contributed by atoms with Crippen LogP contribution in [-0.4, -0.2) is 47.0 Å². The average Bonchev–Trinajstić information content (AvgIpc) is 2.68. The van der Waals surface area contributed by atoms with E-state index in [1.807, 2.05) is 32.3 Å². The summed E-state index contributed by atoms with van der Waals surface area (Å²) in [5, 5.41) is 6.45. The molecule has 0 amide bonds. The first-order valence-corrected chi connectivity index (χ1v) is 9.30. The number of benzene rings is 1. The lowest BCUT2D eigenvalue weighted by molar-refractivity contribution is 0.405. The number of nitrogens with one attached hydrogen (secondary N) is 2. The van der Waals surface area contributed by atoms with Gasteiger partial charge in [-0.15, -0.1) is 0 Å². The molecule has 2 heterocycles. The molecule has 28 heavy (non-hydrogen) atoms. The van der Waals surface area contributed by atoms with E-state index in [1.54, 1.807) is 18.3 Å². The molecular weight excluding hydrogens is 379 g/mol. The van der Waals surface area contributed by atoms with Gasteiger partial charge in [0.05, 0.1) is 16.4 Å². The average molecular weight is 401 g/mol. The SMILES string of the molecule is CN(C)CCCNc1nc(Nc2ccc(F)c(Cl)c2)cc(-c2ccccn2)n1. The largest absolute Gasteiger partial charge is 0.354 e. The van der Waals surface area contributed by atoms with Crippen LogP contribution in [0.15, 0.2) is 48.7 Å². The van der Waals surface area contributed by atoms with Crippen molar-refractivity contribution in [2.75, 3.05) is 37.8 Å². The van der Waals surface area contributed by atoms with Crippen LogP contribution in [0.1, 0.15) is 6.42 Å². The first kappa shape index (κ1) is 20.0. The maximum atomic E-state index is 13.4. The molecule has 146 valence electrons. The molecule has 3 aromatic rings. The van der Waals surface area contributed by atoms with Gasteiger partial charge in [0, 0.05) is 24.5 Å². The standard InChI is InChI=1S/C20H22ClFN6/c1-28(2)11-5-10-24-20-26-18(17-6-3-4-9-23-17)13-19(27-20)25-14-7-8-16(22)15(21)12-14/h3-4,6-9,12-13H,5,10-11H2,1-2H3,(H2,24,25,26,27). The number of hydrogen-bond donors (Lipinski definition) is 2. The Hall–Kier alpha value is -2.77. The van der Waals surface area contributed by atoms with E-state index < -0.39 is 5.82 Å². The molecule has 0 aliphatic carbocycles. The summed E-state index contributed by atoms with van der Waals surface area (Å²) in [6, 6.07) is 11.9. The van der Waals surface area contributed by atoms with Gasteiger partial charge >= 0.3 is 0 Å². The van der Waals surface area contributed by atoms with Crippen LogP contribution in [-0.2, 0) is 0 Å². The van der Waals surface area contributed by atoms with Gasteiger partial charge in [-0.2, -0.15) is 4.98 Å². The van der Waals surface area contributed by atoms with E-state index in [2.05, 4.69) is 30.5 Å². The minimum atomic E-state index is -0.465. The minimum absolute atomic E-state index is 0.0473. The van der Waals surface area contributed by atoms with Crippen molar-refractivity contribution < 1.29 is 4.39 Å². The van der Waals surface area contributed by atoms with Gasteiger partial charge < -0.3 is 15.5 Å². The molecule has 0 fully saturated rings. The van der Waals surface area contributed by atoms with E-state index in [9.17, 15) is 4.39 Å². The second kappa shape index (κ2) is 9.43. The summed E-state index contributed by atoms with van der Waals surface area (Å²) in [6.45, 7) is 1.71. The lowest BCUT2D eigenvalue weighted by Gasteiger charge is -2.13. The summed E-state index contributed by atoms with van der Waals surface area (Å²) in [7, 11) is 4.07. The van der Waals surface area contributed by atoms with Crippen LogP contribution >= 0.6 is 11.6 Å². The van der Waals surface area contributed by atoms with Crippen molar-refractivity contribution in [3.63, 3.8) is 0 Å². The highest BCUT2D eigenvalue weighted by Crippen LogP contribution is 2.25. The van der Waals surface area contributed by atoms with Gasteiger partial charge in [-0.1, -0.05) is 17.7 Å². The Morgan fingerprint density at radius 2 is 1.93 bits per heavy atom. The number of anilines is 3. The van der Waals surface area contributed by atoms with Gasteiger partial charge in [-0.25, -0.2) is 9.37 Å². The Labute approximate surface area is 168 Å². The Morgan fingerprint density at radius 3 is 2.64 bits per heavy atom. The molecule has 0 saturated carbocycles. The maximum Gasteiger partial charge on any atom is 0.225 e. The Bertz CT molecular complexity index is 920. The molecule has 0 aliphatic rings. The van der Waals surface area contributed by atoms with Crippen molar-refractivity contribution in [3.8, 4) is 11.4 Å². The summed E-state index contributed by atoms with van der Waals surface area (Å²) in [5.41, 5.74) is 2.05. The van der Waals surface area contributed by atoms with Crippen LogP contribution < -0.4 is 10.6 Å². The molecule has 1 aromatic carbocycles. The molecule has 3 rings (SSSR count). The molecular formula is C20H22ClFN6. The first-order valence-electron chi connectivity index (χ1n) is 8.92. The maximum absolute atomic E-state index is 13.4. The zero-order valence-electron chi connectivity index (χ0n) is 15.8. The fourth-order valence-electron chi connectivity index (χ4n) is 2.55. The van der Waals surface area contributed by atoms with Crippen LogP contribution in [0.5, 0.6) is 0 Å². The number of hydrogen-bond acceptors (Lipinski definition) is 6. The van der Waals surface area contributed by atoms with Crippen molar-refractivity contribution in [2.24, 2.45) is 0 Å². The molecule has 0 saturated heterocycles. The van der Waals surface area contributed by atoms with Gasteiger partial charge in [0.2, 0.25) is 5.95 Å². The molecule has 0 radical (unpaired) electrons. The van der Waals surface area contributed by atoms with Gasteiger partial charge in [0.25, 0.3) is 0 Å². The zero-order chi connectivity index (χ0) is 19.9. The number of pyridine rings is 1. The van der Waals surface area contributed by atoms with Gasteiger partial charge in [0.1, 0.15) is 11.6 Å². The number of nitrogens with zero attached hydrogens (tertiary/aromatic N) is 4. The van der Waals surface area contributed by atoms with E-state index in [0.29, 0.717) is 23.1 Å².